The number of rotatable bonds is 8. The molecule has 0 aliphatic carbocycles. The molecule has 0 spiro atoms. The second-order valence-electron chi connectivity index (χ2n) is 3.78. The van der Waals surface area contributed by atoms with Crippen LogP contribution in [0.5, 0.6) is 0 Å². The highest BCUT2D eigenvalue weighted by Gasteiger charge is 2.07. The standard InChI is InChI=1S/C12H17ClF2N2O/c1-18-5-4-16-2-3-17-8-9-6-12(15)10(13)7-11(9)14/h6-7,16-17H,2-5,8H2,1H3. The van der Waals surface area contributed by atoms with Gasteiger partial charge in [0.05, 0.1) is 11.6 Å². The summed E-state index contributed by atoms with van der Waals surface area (Å²) in [5.74, 6) is -1.10. The Morgan fingerprint density at radius 1 is 1.11 bits per heavy atom. The lowest BCUT2D eigenvalue weighted by Gasteiger charge is -2.08. The van der Waals surface area contributed by atoms with Crippen molar-refractivity contribution in [2.75, 3.05) is 33.4 Å². The Balaban J connectivity index is 2.25. The molecule has 6 heteroatoms. The first-order valence-electron chi connectivity index (χ1n) is 5.69. The van der Waals surface area contributed by atoms with E-state index >= 15 is 0 Å². The summed E-state index contributed by atoms with van der Waals surface area (Å²) < 4.78 is 31.4. The van der Waals surface area contributed by atoms with E-state index in [1.54, 1.807) is 7.11 Å². The lowest BCUT2D eigenvalue weighted by atomic mass is 10.2. The fourth-order valence-corrected chi connectivity index (χ4v) is 1.55. The van der Waals surface area contributed by atoms with Crippen molar-refractivity contribution in [3.8, 4) is 0 Å². The number of hydrogen-bond acceptors (Lipinski definition) is 3. The van der Waals surface area contributed by atoms with Gasteiger partial charge in [-0.3, -0.25) is 0 Å². The highest BCUT2D eigenvalue weighted by atomic mass is 35.5. The van der Waals surface area contributed by atoms with Gasteiger partial charge in [-0.1, -0.05) is 11.6 Å². The molecule has 0 amide bonds. The Morgan fingerprint density at radius 2 is 1.83 bits per heavy atom. The maximum Gasteiger partial charge on any atom is 0.142 e. The summed E-state index contributed by atoms with van der Waals surface area (Å²) in [7, 11) is 1.64. The smallest absolute Gasteiger partial charge is 0.142 e. The van der Waals surface area contributed by atoms with E-state index in [2.05, 4.69) is 10.6 Å². The Morgan fingerprint density at radius 3 is 2.56 bits per heavy atom. The molecule has 0 atom stereocenters. The van der Waals surface area contributed by atoms with Gasteiger partial charge in [-0.2, -0.15) is 0 Å². The van der Waals surface area contributed by atoms with E-state index in [1.165, 1.54) is 0 Å². The highest BCUT2D eigenvalue weighted by molar-refractivity contribution is 6.30. The van der Waals surface area contributed by atoms with Crippen molar-refractivity contribution in [3.05, 3.63) is 34.4 Å². The van der Waals surface area contributed by atoms with Crippen molar-refractivity contribution >= 4 is 11.6 Å². The molecule has 1 aromatic carbocycles. The van der Waals surface area contributed by atoms with Crippen LogP contribution in [0, 0.1) is 11.6 Å². The molecule has 0 fully saturated rings. The van der Waals surface area contributed by atoms with Gasteiger partial charge in [0.2, 0.25) is 0 Å². The maximum absolute atomic E-state index is 13.4. The van der Waals surface area contributed by atoms with E-state index in [4.69, 9.17) is 16.3 Å². The largest absolute Gasteiger partial charge is 0.383 e. The zero-order valence-electron chi connectivity index (χ0n) is 10.2. The zero-order chi connectivity index (χ0) is 13.4. The topological polar surface area (TPSA) is 33.3 Å². The molecule has 3 nitrogen and oxygen atoms in total. The van der Waals surface area contributed by atoms with Crippen molar-refractivity contribution in [1.82, 2.24) is 10.6 Å². The third-order valence-corrected chi connectivity index (χ3v) is 2.66. The normalized spacial score (nSPS) is 10.9. The van der Waals surface area contributed by atoms with Crippen LogP contribution in [0.15, 0.2) is 12.1 Å². The van der Waals surface area contributed by atoms with E-state index in [-0.39, 0.29) is 17.1 Å². The highest BCUT2D eigenvalue weighted by Crippen LogP contribution is 2.18. The zero-order valence-corrected chi connectivity index (χ0v) is 11.0. The molecule has 102 valence electrons. The molecule has 0 aliphatic heterocycles. The maximum atomic E-state index is 13.4. The van der Waals surface area contributed by atoms with E-state index < -0.39 is 11.6 Å². The van der Waals surface area contributed by atoms with Gasteiger partial charge in [0, 0.05) is 38.9 Å². The number of ether oxygens (including phenoxy) is 1. The average molecular weight is 279 g/mol. The molecule has 0 saturated heterocycles. The summed E-state index contributed by atoms with van der Waals surface area (Å²) in [6, 6.07) is 2.10. The molecule has 0 aromatic heterocycles. The van der Waals surface area contributed by atoms with Gasteiger partial charge in [-0.15, -0.1) is 0 Å². The Hall–Kier alpha value is -0.750. The fraction of sp³-hybridized carbons (Fsp3) is 0.500. The molecule has 0 unspecified atom stereocenters. The molecule has 0 saturated carbocycles. The van der Waals surface area contributed by atoms with E-state index in [9.17, 15) is 8.78 Å². The van der Waals surface area contributed by atoms with Gasteiger partial charge in [0.25, 0.3) is 0 Å². The van der Waals surface area contributed by atoms with Gasteiger partial charge < -0.3 is 15.4 Å². The van der Waals surface area contributed by atoms with E-state index in [0.717, 1.165) is 25.2 Å². The summed E-state index contributed by atoms with van der Waals surface area (Å²) >= 11 is 5.46. The SMILES string of the molecule is COCCNCCNCc1cc(F)c(Cl)cc1F. The minimum absolute atomic E-state index is 0.197. The quantitative estimate of drug-likeness (QED) is 0.563. The van der Waals surface area contributed by atoms with Crippen molar-refractivity contribution in [2.24, 2.45) is 0 Å². The molecule has 1 rings (SSSR count). The molecule has 2 N–H and O–H groups in total. The van der Waals surface area contributed by atoms with Gasteiger partial charge in [-0.05, 0) is 12.1 Å². The number of benzene rings is 1. The molecule has 1 aromatic rings. The van der Waals surface area contributed by atoms with Crippen molar-refractivity contribution in [2.45, 2.75) is 6.54 Å². The number of methoxy groups -OCH3 is 1. The summed E-state index contributed by atoms with van der Waals surface area (Å²) in [5, 5.41) is 5.95. The molecule has 18 heavy (non-hydrogen) atoms. The number of hydrogen-bond donors (Lipinski definition) is 2. The van der Waals surface area contributed by atoms with Crippen LogP contribution in [-0.4, -0.2) is 33.4 Å². The lowest BCUT2D eigenvalue weighted by Crippen LogP contribution is -2.29. The predicted molar refractivity (Wildman–Crippen MR) is 67.8 cm³/mol. The minimum Gasteiger partial charge on any atom is -0.383 e. The van der Waals surface area contributed by atoms with Crippen LogP contribution < -0.4 is 10.6 Å². The van der Waals surface area contributed by atoms with Crippen molar-refractivity contribution < 1.29 is 13.5 Å². The third kappa shape index (κ3) is 5.27. The lowest BCUT2D eigenvalue weighted by molar-refractivity contribution is 0.199. The van der Waals surface area contributed by atoms with Crippen molar-refractivity contribution in [3.63, 3.8) is 0 Å². The fourth-order valence-electron chi connectivity index (χ4n) is 1.40. The summed E-state index contributed by atoms with van der Waals surface area (Å²) in [6.45, 7) is 3.08. The minimum atomic E-state index is -0.604. The Kier molecular flexibility index (Phi) is 7.12. The Labute approximate surface area is 110 Å². The molecular formula is C12H17ClF2N2O. The number of halogens is 3. The molecule has 0 radical (unpaired) electrons. The van der Waals surface area contributed by atoms with Gasteiger partial charge >= 0.3 is 0 Å². The van der Waals surface area contributed by atoms with Gasteiger partial charge in [-0.25, -0.2) is 8.78 Å². The summed E-state index contributed by atoms with van der Waals surface area (Å²) in [5.41, 5.74) is 0.272. The van der Waals surface area contributed by atoms with Crippen LogP contribution >= 0.6 is 11.6 Å². The van der Waals surface area contributed by atoms with Crippen LogP contribution in [0.2, 0.25) is 5.02 Å². The Bertz CT molecular complexity index is 377. The first kappa shape index (κ1) is 15.3. The van der Waals surface area contributed by atoms with Crippen LogP contribution in [-0.2, 0) is 11.3 Å². The first-order valence-corrected chi connectivity index (χ1v) is 6.06. The van der Waals surface area contributed by atoms with E-state index in [0.29, 0.717) is 13.2 Å². The van der Waals surface area contributed by atoms with Crippen LogP contribution in [0.1, 0.15) is 5.56 Å². The number of nitrogens with one attached hydrogen (secondary N) is 2. The average Bonchev–Trinajstić information content (AvgIpc) is 2.34. The monoisotopic (exact) mass is 278 g/mol. The molecular weight excluding hydrogens is 262 g/mol. The van der Waals surface area contributed by atoms with E-state index in [1.807, 2.05) is 0 Å². The first-order chi connectivity index (χ1) is 8.65. The molecule has 0 aliphatic rings. The van der Waals surface area contributed by atoms with Gasteiger partial charge in [0.1, 0.15) is 11.6 Å². The van der Waals surface area contributed by atoms with Crippen molar-refractivity contribution in [1.29, 1.82) is 0 Å². The second-order valence-corrected chi connectivity index (χ2v) is 4.18. The predicted octanol–water partition coefficient (Wildman–Crippen LogP) is 1.94. The van der Waals surface area contributed by atoms with Crippen LogP contribution in [0.4, 0.5) is 8.78 Å². The second kappa shape index (κ2) is 8.37. The molecule has 0 heterocycles. The van der Waals surface area contributed by atoms with Crippen LogP contribution in [0.3, 0.4) is 0 Å². The third-order valence-electron chi connectivity index (χ3n) is 2.37. The summed E-state index contributed by atoms with van der Waals surface area (Å²) in [6.07, 6.45) is 0. The van der Waals surface area contributed by atoms with Gasteiger partial charge in [0.15, 0.2) is 0 Å². The van der Waals surface area contributed by atoms with Crippen LogP contribution in [0.25, 0.3) is 0 Å². The molecule has 0 bridgehead atoms. The summed E-state index contributed by atoms with van der Waals surface area (Å²) in [4.78, 5) is 0.